The maximum Gasteiger partial charge on any atom is 0.154 e. The molecule has 0 unspecified atom stereocenters. The van der Waals surface area contributed by atoms with E-state index in [-0.39, 0.29) is 0 Å². The lowest BCUT2D eigenvalue weighted by Gasteiger charge is -2.17. The molecule has 2 bridgehead atoms. The van der Waals surface area contributed by atoms with Crippen LogP contribution in [0, 0.1) is 0 Å². The lowest BCUT2D eigenvalue weighted by atomic mass is 9.89. The molecule has 1 heterocycles. The van der Waals surface area contributed by atoms with Gasteiger partial charge in [0.05, 0.1) is 6.20 Å². The van der Waals surface area contributed by atoms with Crippen LogP contribution >= 0.6 is 0 Å². The maximum absolute atomic E-state index is 5.79. The Labute approximate surface area is 75.6 Å². The number of hydrogen-bond donors (Lipinski definition) is 1. The average molecular weight is 171 g/mol. The van der Waals surface area contributed by atoms with E-state index in [1.165, 1.54) is 16.5 Å². The third-order valence-corrected chi connectivity index (χ3v) is 2.69. The molecule has 1 aromatic carbocycles. The highest BCUT2D eigenvalue weighted by atomic mass is 15.1. The van der Waals surface area contributed by atoms with Crippen LogP contribution < -0.4 is 5.73 Å². The number of anilines is 1. The molecule has 0 saturated heterocycles. The van der Waals surface area contributed by atoms with Crippen LogP contribution in [0.1, 0.15) is 11.1 Å². The molecule has 2 aliphatic carbocycles. The molecule has 3 nitrogen and oxygen atoms in total. The van der Waals surface area contributed by atoms with Gasteiger partial charge >= 0.3 is 0 Å². The van der Waals surface area contributed by atoms with Crippen molar-refractivity contribution in [1.29, 1.82) is 0 Å². The predicted octanol–water partition coefficient (Wildman–Crippen LogP) is 1.31. The Hall–Kier alpha value is -1.64. The van der Waals surface area contributed by atoms with Gasteiger partial charge in [-0.15, -0.1) is 5.10 Å². The summed E-state index contributed by atoms with van der Waals surface area (Å²) in [4.78, 5) is 0. The third kappa shape index (κ3) is 0.786. The first-order valence-corrected chi connectivity index (χ1v) is 4.38. The van der Waals surface area contributed by atoms with Crippen molar-refractivity contribution in [3.05, 3.63) is 29.5 Å². The molecule has 0 radical (unpaired) electrons. The molecule has 0 amide bonds. The Morgan fingerprint density at radius 2 is 1.92 bits per heavy atom. The fraction of sp³-hybridized carbons (Fsp3) is 0.200. The Morgan fingerprint density at radius 3 is 2.62 bits per heavy atom. The van der Waals surface area contributed by atoms with Gasteiger partial charge in [0.2, 0.25) is 0 Å². The van der Waals surface area contributed by atoms with Crippen molar-refractivity contribution in [1.82, 2.24) is 10.2 Å². The van der Waals surface area contributed by atoms with Gasteiger partial charge in [0.15, 0.2) is 5.82 Å². The van der Waals surface area contributed by atoms with E-state index in [0.29, 0.717) is 5.82 Å². The summed E-state index contributed by atoms with van der Waals surface area (Å²) in [6.07, 6.45) is 4.02. The quantitative estimate of drug-likeness (QED) is 0.650. The topological polar surface area (TPSA) is 51.8 Å². The molecule has 0 atom stereocenters. The minimum Gasteiger partial charge on any atom is -0.382 e. The molecular weight excluding hydrogens is 162 g/mol. The van der Waals surface area contributed by atoms with Crippen LogP contribution in [-0.2, 0) is 12.8 Å². The van der Waals surface area contributed by atoms with Gasteiger partial charge < -0.3 is 5.73 Å². The van der Waals surface area contributed by atoms with Crippen LogP contribution in [0.4, 0.5) is 5.82 Å². The number of benzene rings is 1. The van der Waals surface area contributed by atoms with Crippen molar-refractivity contribution >= 4 is 16.6 Å². The fourth-order valence-corrected chi connectivity index (χ4v) is 2.05. The SMILES string of the molecule is Nc1nncc2c3ccc(c12)CC3. The van der Waals surface area contributed by atoms with Gasteiger partial charge in [-0.25, -0.2) is 0 Å². The maximum atomic E-state index is 5.79. The third-order valence-electron chi connectivity index (χ3n) is 2.69. The zero-order chi connectivity index (χ0) is 8.84. The second-order valence-electron chi connectivity index (χ2n) is 3.40. The molecule has 1 aromatic heterocycles. The summed E-state index contributed by atoms with van der Waals surface area (Å²) < 4.78 is 0. The van der Waals surface area contributed by atoms with E-state index in [0.717, 1.165) is 18.2 Å². The van der Waals surface area contributed by atoms with Gasteiger partial charge in [-0.3, -0.25) is 0 Å². The molecule has 13 heavy (non-hydrogen) atoms. The summed E-state index contributed by atoms with van der Waals surface area (Å²) in [7, 11) is 0. The van der Waals surface area contributed by atoms with Crippen molar-refractivity contribution < 1.29 is 0 Å². The van der Waals surface area contributed by atoms with Gasteiger partial charge in [0, 0.05) is 10.8 Å². The normalized spacial score (nSPS) is 13.8. The number of nitrogen functional groups attached to an aromatic ring is 1. The van der Waals surface area contributed by atoms with Crippen molar-refractivity contribution in [2.24, 2.45) is 0 Å². The number of fused-ring (bicyclic) bond motifs is 2. The molecule has 64 valence electrons. The number of nitrogens with two attached hydrogens (primary N) is 1. The summed E-state index contributed by atoms with van der Waals surface area (Å²) in [6, 6.07) is 4.29. The highest BCUT2D eigenvalue weighted by Gasteiger charge is 2.15. The lowest BCUT2D eigenvalue weighted by molar-refractivity contribution is 0.937. The standard InChI is InChI=1S/C10H9N3/c11-10-9-7-3-1-6(2-4-7)8(9)5-12-13-10/h1,3,5H,2,4H2,(H2,11,13). The zero-order valence-electron chi connectivity index (χ0n) is 7.12. The van der Waals surface area contributed by atoms with Gasteiger partial charge in [0.25, 0.3) is 0 Å². The smallest absolute Gasteiger partial charge is 0.154 e. The fourth-order valence-electron chi connectivity index (χ4n) is 2.05. The second kappa shape index (κ2) is 2.19. The Bertz CT molecular complexity index is 491. The van der Waals surface area contributed by atoms with Crippen LogP contribution in [0.25, 0.3) is 10.8 Å². The Morgan fingerprint density at radius 1 is 1.15 bits per heavy atom. The molecule has 2 aliphatic rings. The van der Waals surface area contributed by atoms with Crippen molar-refractivity contribution in [3.63, 3.8) is 0 Å². The number of hydrogen-bond acceptors (Lipinski definition) is 3. The van der Waals surface area contributed by atoms with Crippen LogP contribution in [0.5, 0.6) is 0 Å². The van der Waals surface area contributed by atoms with Gasteiger partial charge in [0.1, 0.15) is 0 Å². The van der Waals surface area contributed by atoms with E-state index in [9.17, 15) is 0 Å². The van der Waals surface area contributed by atoms with E-state index in [4.69, 9.17) is 5.73 Å². The van der Waals surface area contributed by atoms with Gasteiger partial charge in [-0.2, -0.15) is 5.10 Å². The van der Waals surface area contributed by atoms with E-state index in [2.05, 4.69) is 22.3 Å². The molecule has 0 saturated carbocycles. The monoisotopic (exact) mass is 171 g/mol. The van der Waals surface area contributed by atoms with Crippen LogP contribution in [0.3, 0.4) is 0 Å². The number of aryl methyl sites for hydroxylation is 2. The van der Waals surface area contributed by atoms with Crippen molar-refractivity contribution in [2.75, 3.05) is 5.73 Å². The molecule has 0 spiro atoms. The summed E-state index contributed by atoms with van der Waals surface area (Å²) in [5, 5.41) is 10.0. The van der Waals surface area contributed by atoms with E-state index in [1.807, 2.05) is 6.20 Å². The first kappa shape index (κ1) is 6.83. The summed E-state index contributed by atoms with van der Waals surface area (Å²) in [5.74, 6) is 0.564. The van der Waals surface area contributed by atoms with E-state index >= 15 is 0 Å². The first-order chi connectivity index (χ1) is 6.36. The largest absolute Gasteiger partial charge is 0.382 e. The summed E-state index contributed by atoms with van der Waals surface area (Å²) >= 11 is 0. The second-order valence-corrected chi connectivity index (χ2v) is 3.40. The average Bonchev–Trinajstić information content (AvgIpc) is 2.20. The number of rotatable bonds is 0. The van der Waals surface area contributed by atoms with Crippen molar-refractivity contribution in [2.45, 2.75) is 12.8 Å². The number of nitrogens with zero attached hydrogens (tertiary/aromatic N) is 2. The minimum atomic E-state index is 0.564. The molecule has 2 N–H and O–H groups in total. The number of aromatic nitrogens is 2. The van der Waals surface area contributed by atoms with Crippen LogP contribution in [0.2, 0.25) is 0 Å². The van der Waals surface area contributed by atoms with E-state index in [1.54, 1.807) is 0 Å². The summed E-state index contributed by atoms with van der Waals surface area (Å²) in [6.45, 7) is 0. The van der Waals surface area contributed by atoms with Crippen LogP contribution in [-0.4, -0.2) is 10.2 Å². The lowest BCUT2D eigenvalue weighted by Crippen LogP contribution is -2.06. The minimum absolute atomic E-state index is 0.564. The first-order valence-electron chi connectivity index (χ1n) is 4.38. The molecular formula is C10H9N3. The van der Waals surface area contributed by atoms with Crippen molar-refractivity contribution in [3.8, 4) is 0 Å². The van der Waals surface area contributed by atoms with Gasteiger partial charge in [-0.05, 0) is 24.0 Å². The Balaban J connectivity index is 2.59. The van der Waals surface area contributed by atoms with E-state index < -0.39 is 0 Å². The highest BCUT2D eigenvalue weighted by molar-refractivity contribution is 5.96. The molecule has 0 aliphatic heterocycles. The molecule has 0 fully saturated rings. The van der Waals surface area contributed by atoms with Gasteiger partial charge in [-0.1, -0.05) is 12.1 Å². The highest BCUT2D eigenvalue weighted by Crippen LogP contribution is 2.31. The zero-order valence-corrected chi connectivity index (χ0v) is 7.12. The molecule has 4 rings (SSSR count). The molecule has 3 heteroatoms. The predicted molar refractivity (Wildman–Crippen MR) is 51.4 cm³/mol. The summed E-state index contributed by atoms with van der Waals surface area (Å²) in [5.41, 5.74) is 8.43. The molecule has 2 aromatic rings. The van der Waals surface area contributed by atoms with Crippen LogP contribution in [0.15, 0.2) is 18.3 Å². The Kier molecular flexibility index (Phi) is 1.15.